The van der Waals surface area contributed by atoms with Gasteiger partial charge in [-0.1, -0.05) is 24.6 Å². The van der Waals surface area contributed by atoms with E-state index in [0.717, 1.165) is 51.6 Å². The molecule has 0 saturated heterocycles. The standard InChI is InChI=1S/C18H29N3O.2ClH/c1-21(17-10-3-2-4-11-17)13-6-5-12-20-18(22)15-8-7-9-16(19)14-15;;/h2-4,10-11,15-16H,5-9,12-14,19H2,1H3,(H,20,22);2*1H. The second-order valence-electron chi connectivity index (χ2n) is 6.38. The summed E-state index contributed by atoms with van der Waals surface area (Å²) in [4.78, 5) is 14.3. The summed E-state index contributed by atoms with van der Waals surface area (Å²) in [6, 6.07) is 10.6. The predicted octanol–water partition coefficient (Wildman–Crippen LogP) is 3.38. The van der Waals surface area contributed by atoms with Crippen LogP contribution in [0.3, 0.4) is 0 Å². The van der Waals surface area contributed by atoms with Gasteiger partial charge >= 0.3 is 0 Å². The van der Waals surface area contributed by atoms with Crippen LogP contribution in [0.4, 0.5) is 5.69 Å². The zero-order chi connectivity index (χ0) is 15.8. The van der Waals surface area contributed by atoms with E-state index in [-0.39, 0.29) is 42.7 Å². The fraction of sp³-hybridized carbons (Fsp3) is 0.611. The quantitative estimate of drug-likeness (QED) is 0.718. The molecule has 1 aromatic carbocycles. The Labute approximate surface area is 158 Å². The molecule has 0 aromatic heterocycles. The molecule has 0 aliphatic heterocycles. The lowest BCUT2D eigenvalue weighted by Gasteiger charge is -2.25. The number of unbranched alkanes of at least 4 members (excludes halogenated alkanes) is 1. The number of carbonyl (C=O) groups is 1. The van der Waals surface area contributed by atoms with Crippen LogP contribution in [0.25, 0.3) is 0 Å². The van der Waals surface area contributed by atoms with E-state index in [1.807, 2.05) is 6.07 Å². The van der Waals surface area contributed by atoms with E-state index in [4.69, 9.17) is 5.73 Å². The molecular formula is C18H31Cl2N3O. The lowest BCUT2D eigenvalue weighted by atomic mass is 9.85. The summed E-state index contributed by atoms with van der Waals surface area (Å²) in [5.74, 6) is 0.335. The highest BCUT2D eigenvalue weighted by atomic mass is 35.5. The van der Waals surface area contributed by atoms with Crippen LogP contribution >= 0.6 is 24.8 Å². The van der Waals surface area contributed by atoms with E-state index in [1.165, 1.54) is 5.69 Å². The molecule has 1 aromatic rings. The lowest BCUT2D eigenvalue weighted by Crippen LogP contribution is -2.38. The molecular weight excluding hydrogens is 345 g/mol. The average molecular weight is 376 g/mol. The molecule has 2 rings (SSSR count). The van der Waals surface area contributed by atoms with Crippen molar-refractivity contribution in [3.8, 4) is 0 Å². The second kappa shape index (κ2) is 12.4. The maximum absolute atomic E-state index is 12.1. The molecule has 6 heteroatoms. The number of para-hydroxylation sites is 1. The summed E-state index contributed by atoms with van der Waals surface area (Å²) < 4.78 is 0. The first kappa shape index (κ1) is 23.0. The number of halogens is 2. The zero-order valence-corrected chi connectivity index (χ0v) is 16.1. The Morgan fingerprint density at radius 3 is 2.58 bits per heavy atom. The predicted molar refractivity (Wildman–Crippen MR) is 106 cm³/mol. The molecule has 1 aliphatic rings. The van der Waals surface area contributed by atoms with Crippen molar-refractivity contribution in [1.29, 1.82) is 0 Å². The molecule has 3 N–H and O–H groups in total. The number of carbonyl (C=O) groups excluding carboxylic acids is 1. The van der Waals surface area contributed by atoms with Crippen molar-refractivity contribution in [2.24, 2.45) is 11.7 Å². The summed E-state index contributed by atoms with van der Waals surface area (Å²) in [6.07, 6.45) is 6.09. The fourth-order valence-corrected chi connectivity index (χ4v) is 3.11. The number of hydrogen-bond acceptors (Lipinski definition) is 3. The Hall–Kier alpha value is -0.970. The Balaban J connectivity index is 0.00000264. The summed E-state index contributed by atoms with van der Waals surface area (Å²) in [6.45, 7) is 1.78. The van der Waals surface area contributed by atoms with Crippen molar-refractivity contribution in [2.75, 3.05) is 25.0 Å². The highest BCUT2D eigenvalue weighted by Gasteiger charge is 2.24. The lowest BCUT2D eigenvalue weighted by molar-refractivity contribution is -0.126. The third kappa shape index (κ3) is 7.73. The van der Waals surface area contributed by atoms with Crippen LogP contribution in [0, 0.1) is 5.92 Å². The first-order valence-corrected chi connectivity index (χ1v) is 8.46. The van der Waals surface area contributed by atoms with E-state index in [2.05, 4.69) is 41.5 Å². The normalized spacial score (nSPS) is 19.6. The first-order valence-electron chi connectivity index (χ1n) is 8.46. The van der Waals surface area contributed by atoms with Gasteiger partial charge in [-0.15, -0.1) is 24.8 Å². The van der Waals surface area contributed by atoms with Crippen molar-refractivity contribution >= 4 is 36.4 Å². The maximum Gasteiger partial charge on any atom is 0.223 e. The minimum absolute atomic E-state index is 0. The summed E-state index contributed by atoms with van der Waals surface area (Å²) in [5.41, 5.74) is 7.18. The van der Waals surface area contributed by atoms with Gasteiger partial charge in [0, 0.05) is 37.8 Å². The SMILES string of the molecule is CN(CCCCNC(=O)C1CCCC(N)C1)c1ccccc1.Cl.Cl. The third-order valence-electron chi connectivity index (χ3n) is 4.50. The fourth-order valence-electron chi connectivity index (χ4n) is 3.11. The minimum atomic E-state index is 0. The van der Waals surface area contributed by atoms with Gasteiger partial charge in [-0.2, -0.15) is 0 Å². The Morgan fingerprint density at radius 1 is 1.21 bits per heavy atom. The molecule has 0 bridgehead atoms. The number of anilines is 1. The van der Waals surface area contributed by atoms with Gasteiger partial charge in [0.1, 0.15) is 0 Å². The van der Waals surface area contributed by atoms with Gasteiger partial charge < -0.3 is 16.0 Å². The summed E-state index contributed by atoms with van der Waals surface area (Å²) in [5, 5.41) is 3.07. The zero-order valence-electron chi connectivity index (χ0n) is 14.4. The number of nitrogens with one attached hydrogen (secondary N) is 1. The topological polar surface area (TPSA) is 58.4 Å². The maximum atomic E-state index is 12.1. The van der Waals surface area contributed by atoms with Crippen LogP contribution in [0.1, 0.15) is 38.5 Å². The molecule has 2 atom stereocenters. The van der Waals surface area contributed by atoms with Gasteiger partial charge in [0.15, 0.2) is 0 Å². The number of benzene rings is 1. The van der Waals surface area contributed by atoms with Crippen LogP contribution in [-0.2, 0) is 4.79 Å². The molecule has 4 nitrogen and oxygen atoms in total. The largest absolute Gasteiger partial charge is 0.375 e. The average Bonchev–Trinajstić information content (AvgIpc) is 2.55. The smallest absolute Gasteiger partial charge is 0.223 e. The van der Waals surface area contributed by atoms with Crippen LogP contribution in [0.2, 0.25) is 0 Å². The molecule has 1 fully saturated rings. The Morgan fingerprint density at radius 2 is 1.92 bits per heavy atom. The van der Waals surface area contributed by atoms with Gasteiger partial charge in [-0.3, -0.25) is 4.79 Å². The van der Waals surface area contributed by atoms with Gasteiger partial charge in [0.05, 0.1) is 0 Å². The summed E-state index contributed by atoms with van der Waals surface area (Å²) >= 11 is 0. The van der Waals surface area contributed by atoms with Crippen molar-refractivity contribution in [2.45, 2.75) is 44.6 Å². The minimum Gasteiger partial charge on any atom is -0.375 e. The number of hydrogen-bond donors (Lipinski definition) is 2. The van der Waals surface area contributed by atoms with E-state index >= 15 is 0 Å². The first-order chi connectivity index (χ1) is 10.7. The molecule has 0 heterocycles. The van der Waals surface area contributed by atoms with Gasteiger partial charge in [-0.25, -0.2) is 0 Å². The van der Waals surface area contributed by atoms with Crippen LogP contribution in [0.5, 0.6) is 0 Å². The number of nitrogens with two attached hydrogens (primary N) is 1. The Bertz CT molecular complexity index is 459. The molecule has 2 unspecified atom stereocenters. The molecule has 0 radical (unpaired) electrons. The number of amides is 1. The number of rotatable bonds is 7. The number of nitrogens with zero attached hydrogens (tertiary/aromatic N) is 1. The van der Waals surface area contributed by atoms with Crippen molar-refractivity contribution in [1.82, 2.24) is 5.32 Å². The second-order valence-corrected chi connectivity index (χ2v) is 6.38. The molecule has 1 saturated carbocycles. The van der Waals surface area contributed by atoms with Crippen LogP contribution in [0.15, 0.2) is 30.3 Å². The van der Waals surface area contributed by atoms with E-state index in [1.54, 1.807) is 0 Å². The van der Waals surface area contributed by atoms with Crippen molar-refractivity contribution in [3.05, 3.63) is 30.3 Å². The molecule has 0 spiro atoms. The van der Waals surface area contributed by atoms with Crippen molar-refractivity contribution in [3.63, 3.8) is 0 Å². The van der Waals surface area contributed by atoms with E-state index in [0.29, 0.717) is 0 Å². The van der Waals surface area contributed by atoms with E-state index in [9.17, 15) is 4.79 Å². The van der Waals surface area contributed by atoms with Gasteiger partial charge in [0.25, 0.3) is 0 Å². The van der Waals surface area contributed by atoms with Crippen LogP contribution in [-0.4, -0.2) is 32.1 Å². The monoisotopic (exact) mass is 375 g/mol. The highest BCUT2D eigenvalue weighted by Crippen LogP contribution is 2.23. The molecule has 138 valence electrons. The van der Waals surface area contributed by atoms with Gasteiger partial charge in [-0.05, 0) is 44.2 Å². The summed E-state index contributed by atoms with van der Waals surface area (Å²) in [7, 11) is 2.11. The Kier molecular flexibility index (Phi) is 11.9. The van der Waals surface area contributed by atoms with Crippen molar-refractivity contribution < 1.29 is 4.79 Å². The molecule has 1 amide bonds. The molecule has 1 aliphatic carbocycles. The van der Waals surface area contributed by atoms with Gasteiger partial charge in [0.2, 0.25) is 5.91 Å². The highest BCUT2D eigenvalue weighted by molar-refractivity contribution is 5.85. The van der Waals surface area contributed by atoms with E-state index < -0.39 is 0 Å². The molecule has 24 heavy (non-hydrogen) atoms. The van der Waals surface area contributed by atoms with Crippen LogP contribution < -0.4 is 16.0 Å². The third-order valence-corrected chi connectivity index (χ3v) is 4.50.